The number of carbonyl (C=O) groups excluding carboxylic acids is 3. The highest BCUT2D eigenvalue weighted by Crippen LogP contribution is 2.32. The van der Waals surface area contributed by atoms with Gasteiger partial charge in [-0.25, -0.2) is 13.2 Å². The van der Waals surface area contributed by atoms with Crippen LogP contribution in [0.15, 0.2) is 47.4 Å². The van der Waals surface area contributed by atoms with Gasteiger partial charge in [0.2, 0.25) is 15.9 Å². The van der Waals surface area contributed by atoms with Crippen LogP contribution in [0.5, 0.6) is 0 Å². The Morgan fingerprint density at radius 2 is 1.71 bits per heavy atom. The second-order valence-electron chi connectivity index (χ2n) is 8.95. The summed E-state index contributed by atoms with van der Waals surface area (Å²) >= 11 is 0. The molecular formula is C25H30N4O5S. The largest absolute Gasteiger partial charge is 0.325 e. The molecule has 9 nitrogen and oxygen atoms in total. The van der Waals surface area contributed by atoms with Crippen LogP contribution in [0.4, 0.5) is 10.5 Å². The number of rotatable bonds is 8. The van der Waals surface area contributed by atoms with Gasteiger partial charge in [-0.1, -0.05) is 32.0 Å². The Kier molecular flexibility index (Phi) is 6.70. The molecule has 1 heterocycles. The number of anilines is 1. The first kappa shape index (κ1) is 24.9. The molecular weight excluding hydrogens is 468 g/mol. The van der Waals surface area contributed by atoms with Gasteiger partial charge in [-0.15, -0.1) is 0 Å². The van der Waals surface area contributed by atoms with E-state index in [4.69, 9.17) is 0 Å². The Hall–Kier alpha value is -3.24. The SMILES string of the molecule is CCN(CC)S(=O)(=O)c1ccc(NC(=O)CN2C(=O)NC(C)(c3ccc4c(c3)CCC4)C2=O)cc1. The molecule has 2 aromatic rings. The standard InChI is InChI=1S/C25H30N4O5S/c1-4-28(5-2)35(33,34)21-13-11-20(12-14-21)26-22(30)16-29-23(31)25(3,27-24(29)32)19-10-9-17-7-6-8-18(17)15-19/h9-15H,4-8,16H2,1-3H3,(H,26,30)(H,27,32). The number of fused-ring (bicyclic) bond motifs is 1. The molecule has 2 N–H and O–H groups in total. The van der Waals surface area contributed by atoms with Crippen LogP contribution in [0.3, 0.4) is 0 Å². The van der Waals surface area contributed by atoms with Crippen molar-refractivity contribution in [2.45, 2.75) is 50.5 Å². The van der Waals surface area contributed by atoms with E-state index in [0.717, 1.165) is 24.2 Å². The highest BCUT2D eigenvalue weighted by molar-refractivity contribution is 7.89. The summed E-state index contributed by atoms with van der Waals surface area (Å²) < 4.78 is 26.6. The second kappa shape index (κ2) is 9.43. The van der Waals surface area contributed by atoms with Crippen molar-refractivity contribution < 1.29 is 22.8 Å². The maximum atomic E-state index is 13.2. The molecule has 2 aliphatic rings. The lowest BCUT2D eigenvalue weighted by atomic mass is 9.89. The van der Waals surface area contributed by atoms with Gasteiger partial charge >= 0.3 is 6.03 Å². The summed E-state index contributed by atoms with van der Waals surface area (Å²) in [5, 5.41) is 5.36. The van der Waals surface area contributed by atoms with E-state index in [1.807, 2.05) is 18.2 Å². The van der Waals surface area contributed by atoms with Crippen LogP contribution in [0, 0.1) is 0 Å². The van der Waals surface area contributed by atoms with Crippen molar-refractivity contribution in [3.63, 3.8) is 0 Å². The Bertz CT molecular complexity index is 1270. The summed E-state index contributed by atoms with van der Waals surface area (Å²) in [4.78, 5) is 39.5. The predicted octanol–water partition coefficient (Wildman–Crippen LogP) is 2.61. The van der Waals surface area contributed by atoms with Gasteiger partial charge in [-0.05, 0) is 67.1 Å². The summed E-state index contributed by atoms with van der Waals surface area (Å²) in [5.41, 5.74) is 2.27. The number of benzene rings is 2. The van der Waals surface area contributed by atoms with Gasteiger partial charge in [0.1, 0.15) is 12.1 Å². The molecule has 1 unspecified atom stereocenters. The van der Waals surface area contributed by atoms with Crippen LogP contribution in [0.25, 0.3) is 0 Å². The number of nitrogens with zero attached hydrogens (tertiary/aromatic N) is 2. The van der Waals surface area contributed by atoms with Crippen LogP contribution in [-0.2, 0) is 38.0 Å². The van der Waals surface area contributed by atoms with Gasteiger partial charge in [0.15, 0.2) is 0 Å². The highest BCUT2D eigenvalue weighted by Gasteiger charge is 2.49. The van der Waals surface area contributed by atoms with Crippen molar-refractivity contribution in [3.05, 3.63) is 59.2 Å². The molecule has 35 heavy (non-hydrogen) atoms. The summed E-state index contributed by atoms with van der Waals surface area (Å²) in [6, 6.07) is 11.0. The minimum Gasteiger partial charge on any atom is -0.325 e. The van der Waals surface area contributed by atoms with E-state index in [-0.39, 0.29) is 4.90 Å². The fraction of sp³-hybridized carbons (Fsp3) is 0.400. The van der Waals surface area contributed by atoms with Gasteiger partial charge in [0.05, 0.1) is 4.90 Å². The maximum absolute atomic E-state index is 13.2. The third-order valence-corrected chi connectivity index (χ3v) is 8.80. The first-order valence-electron chi connectivity index (χ1n) is 11.8. The van der Waals surface area contributed by atoms with Crippen LogP contribution in [-0.4, -0.2) is 55.1 Å². The van der Waals surface area contributed by atoms with Crippen LogP contribution in [0.1, 0.15) is 43.9 Å². The number of hydrogen-bond acceptors (Lipinski definition) is 5. The Balaban J connectivity index is 1.44. The van der Waals surface area contributed by atoms with Gasteiger partial charge in [0.25, 0.3) is 5.91 Å². The van der Waals surface area contributed by atoms with Gasteiger partial charge in [-0.3, -0.25) is 14.5 Å². The molecule has 0 bridgehead atoms. The van der Waals surface area contributed by atoms with Crippen LogP contribution >= 0.6 is 0 Å². The normalized spacial score (nSPS) is 19.7. The third kappa shape index (κ3) is 4.55. The molecule has 1 atom stereocenters. The van der Waals surface area contributed by atoms with Crippen LogP contribution in [0.2, 0.25) is 0 Å². The van der Waals surface area contributed by atoms with E-state index < -0.39 is 40.0 Å². The molecule has 1 fully saturated rings. The third-order valence-electron chi connectivity index (χ3n) is 6.73. The quantitative estimate of drug-likeness (QED) is 0.543. The van der Waals surface area contributed by atoms with E-state index in [0.29, 0.717) is 24.3 Å². The zero-order valence-corrected chi connectivity index (χ0v) is 20.9. The van der Waals surface area contributed by atoms with Crippen molar-refractivity contribution >= 4 is 33.6 Å². The van der Waals surface area contributed by atoms with E-state index >= 15 is 0 Å². The molecule has 2 aromatic carbocycles. The number of amides is 4. The molecule has 1 aliphatic heterocycles. The van der Waals surface area contributed by atoms with Gasteiger partial charge < -0.3 is 10.6 Å². The number of aryl methyl sites for hydroxylation is 2. The molecule has 1 aliphatic carbocycles. The topological polar surface area (TPSA) is 116 Å². The summed E-state index contributed by atoms with van der Waals surface area (Å²) in [7, 11) is -3.61. The lowest BCUT2D eigenvalue weighted by molar-refractivity contribution is -0.133. The molecule has 186 valence electrons. The van der Waals surface area contributed by atoms with Crippen molar-refractivity contribution in [2.24, 2.45) is 0 Å². The first-order chi connectivity index (χ1) is 16.6. The lowest BCUT2D eigenvalue weighted by Crippen LogP contribution is -2.42. The average molecular weight is 499 g/mol. The lowest BCUT2D eigenvalue weighted by Gasteiger charge is -2.23. The maximum Gasteiger partial charge on any atom is 0.325 e. The zero-order chi connectivity index (χ0) is 25.4. The number of imide groups is 1. The van der Waals surface area contributed by atoms with E-state index in [1.165, 1.54) is 39.7 Å². The van der Waals surface area contributed by atoms with Crippen molar-refractivity contribution in [3.8, 4) is 0 Å². The summed E-state index contributed by atoms with van der Waals surface area (Å²) in [6.07, 6.45) is 3.04. The Morgan fingerprint density at radius 3 is 2.37 bits per heavy atom. The number of nitrogens with one attached hydrogen (secondary N) is 2. The monoisotopic (exact) mass is 498 g/mol. The molecule has 1 saturated heterocycles. The smallest absolute Gasteiger partial charge is 0.325 e. The number of carbonyl (C=O) groups is 3. The predicted molar refractivity (Wildman–Crippen MR) is 131 cm³/mol. The summed E-state index contributed by atoms with van der Waals surface area (Å²) in [6.45, 7) is 5.43. The molecule has 10 heteroatoms. The molecule has 0 radical (unpaired) electrons. The van der Waals surface area contributed by atoms with Gasteiger partial charge in [0, 0.05) is 18.8 Å². The average Bonchev–Trinajstić information content (AvgIpc) is 3.38. The fourth-order valence-corrected chi connectivity index (χ4v) is 6.14. The van der Waals surface area contributed by atoms with E-state index in [1.54, 1.807) is 20.8 Å². The molecule has 0 aromatic heterocycles. The van der Waals surface area contributed by atoms with Crippen molar-refractivity contribution in [2.75, 3.05) is 25.0 Å². The molecule has 4 rings (SSSR count). The van der Waals surface area contributed by atoms with Crippen molar-refractivity contribution in [1.82, 2.24) is 14.5 Å². The first-order valence-corrected chi connectivity index (χ1v) is 13.2. The molecule has 0 spiro atoms. The van der Waals surface area contributed by atoms with Gasteiger partial charge in [-0.2, -0.15) is 4.31 Å². The fourth-order valence-electron chi connectivity index (χ4n) is 4.69. The van der Waals surface area contributed by atoms with Crippen LogP contribution < -0.4 is 10.6 Å². The number of hydrogen-bond donors (Lipinski definition) is 2. The minimum atomic E-state index is -3.61. The summed E-state index contributed by atoms with van der Waals surface area (Å²) in [5.74, 6) is -1.05. The molecule has 0 saturated carbocycles. The number of sulfonamides is 1. The molecule has 4 amide bonds. The van der Waals surface area contributed by atoms with Crippen molar-refractivity contribution in [1.29, 1.82) is 0 Å². The Labute approximate surface area is 205 Å². The Morgan fingerprint density at radius 1 is 1.06 bits per heavy atom. The zero-order valence-electron chi connectivity index (χ0n) is 20.1. The van der Waals surface area contributed by atoms with E-state index in [9.17, 15) is 22.8 Å². The van der Waals surface area contributed by atoms with E-state index in [2.05, 4.69) is 10.6 Å². The minimum absolute atomic E-state index is 0.124. The highest BCUT2D eigenvalue weighted by atomic mass is 32.2. The number of urea groups is 1. The second-order valence-corrected chi connectivity index (χ2v) is 10.9.